The fraction of sp³-hybridized carbons (Fsp3) is 0.214. The Kier molecular flexibility index (Phi) is 4.26. The van der Waals surface area contributed by atoms with E-state index in [1.807, 2.05) is 13.1 Å². The number of hydrogen-bond donors (Lipinski definition) is 1. The van der Waals surface area contributed by atoms with Gasteiger partial charge >= 0.3 is 0 Å². The van der Waals surface area contributed by atoms with E-state index in [9.17, 15) is 4.79 Å². The highest BCUT2D eigenvalue weighted by Crippen LogP contribution is 2.15. The summed E-state index contributed by atoms with van der Waals surface area (Å²) in [6.45, 7) is 1.95. The summed E-state index contributed by atoms with van der Waals surface area (Å²) in [5.41, 5.74) is 1.22. The largest absolute Gasteiger partial charge is 0.325 e. The first kappa shape index (κ1) is 13.2. The second kappa shape index (κ2) is 6.12. The first-order valence-corrected chi connectivity index (χ1v) is 6.62. The average Bonchev–Trinajstić information content (AvgIpc) is 2.83. The molecule has 0 unspecified atom stereocenters. The zero-order valence-corrected chi connectivity index (χ0v) is 11.3. The number of aryl methyl sites for hydroxylation is 2. The maximum Gasteiger partial charge on any atom is 0.224 e. The van der Waals surface area contributed by atoms with Crippen molar-refractivity contribution >= 4 is 22.9 Å². The van der Waals surface area contributed by atoms with E-state index in [1.54, 1.807) is 29.8 Å². The van der Waals surface area contributed by atoms with Crippen LogP contribution >= 0.6 is 11.3 Å². The molecule has 4 nitrogen and oxygen atoms in total. The van der Waals surface area contributed by atoms with E-state index in [0.717, 1.165) is 9.88 Å². The van der Waals surface area contributed by atoms with E-state index >= 15 is 0 Å². The van der Waals surface area contributed by atoms with E-state index in [0.29, 0.717) is 24.1 Å². The third-order valence-corrected chi connectivity index (χ3v) is 3.49. The van der Waals surface area contributed by atoms with Gasteiger partial charge in [0.2, 0.25) is 5.91 Å². The topological polar surface area (TPSA) is 54.9 Å². The molecule has 2 rings (SSSR count). The van der Waals surface area contributed by atoms with E-state index in [2.05, 4.69) is 21.2 Å². The van der Waals surface area contributed by atoms with Crippen LogP contribution in [0.3, 0.4) is 0 Å². The van der Waals surface area contributed by atoms with Crippen molar-refractivity contribution in [1.82, 2.24) is 9.97 Å². The van der Waals surface area contributed by atoms with Gasteiger partial charge in [-0.15, -0.1) is 17.8 Å². The van der Waals surface area contributed by atoms with Crippen molar-refractivity contribution in [1.29, 1.82) is 0 Å². The number of amides is 1. The summed E-state index contributed by atoms with van der Waals surface area (Å²) in [6, 6.07) is 1.70. The molecule has 2 heterocycles. The van der Waals surface area contributed by atoms with Crippen molar-refractivity contribution in [3.63, 3.8) is 0 Å². The first-order valence-electron chi connectivity index (χ1n) is 5.81. The normalized spacial score (nSPS) is 9.89. The van der Waals surface area contributed by atoms with Gasteiger partial charge in [0.05, 0.1) is 16.3 Å². The Bertz CT molecular complexity index is 628. The number of nitrogens with one attached hydrogen (secondary N) is 1. The molecule has 0 fully saturated rings. The van der Waals surface area contributed by atoms with Crippen LogP contribution in [0, 0.1) is 19.3 Å². The molecule has 0 radical (unpaired) electrons. The van der Waals surface area contributed by atoms with Crippen LogP contribution in [0.1, 0.15) is 21.9 Å². The van der Waals surface area contributed by atoms with Gasteiger partial charge in [-0.25, -0.2) is 4.98 Å². The number of thiazole rings is 1. The molecule has 0 aliphatic carbocycles. The maximum absolute atomic E-state index is 11.8. The molecule has 0 atom stereocenters. The summed E-state index contributed by atoms with van der Waals surface area (Å²) in [7, 11) is 0. The van der Waals surface area contributed by atoms with Gasteiger partial charge in [0.15, 0.2) is 0 Å². The minimum atomic E-state index is -0.0613. The average molecular weight is 271 g/mol. The Morgan fingerprint density at radius 2 is 2.37 bits per heavy atom. The molecule has 1 N–H and O–H groups in total. The monoisotopic (exact) mass is 271 g/mol. The first-order chi connectivity index (χ1) is 9.19. The number of terminal acetylenes is 1. The molecule has 0 aliphatic rings. The number of pyridine rings is 1. The molecule has 2 aromatic rings. The predicted molar refractivity (Wildman–Crippen MR) is 76.0 cm³/mol. The lowest BCUT2D eigenvalue weighted by Gasteiger charge is -2.06. The maximum atomic E-state index is 11.8. The Morgan fingerprint density at radius 1 is 1.53 bits per heavy atom. The fourth-order valence-electron chi connectivity index (χ4n) is 1.59. The molecule has 2 aromatic heterocycles. The van der Waals surface area contributed by atoms with E-state index in [4.69, 9.17) is 6.42 Å². The molecule has 0 spiro atoms. The fourth-order valence-corrected chi connectivity index (χ4v) is 2.38. The van der Waals surface area contributed by atoms with Crippen LogP contribution < -0.4 is 5.32 Å². The molecule has 0 aliphatic heterocycles. The quantitative estimate of drug-likeness (QED) is 0.869. The van der Waals surface area contributed by atoms with E-state index in [-0.39, 0.29) is 5.91 Å². The van der Waals surface area contributed by atoms with Gasteiger partial charge in [0, 0.05) is 29.9 Å². The number of nitrogens with zero attached hydrogens (tertiary/aromatic N) is 2. The van der Waals surface area contributed by atoms with Gasteiger partial charge in [-0.3, -0.25) is 9.78 Å². The Morgan fingerprint density at radius 3 is 3.05 bits per heavy atom. The lowest BCUT2D eigenvalue weighted by atomic mass is 10.2. The summed E-state index contributed by atoms with van der Waals surface area (Å²) < 4.78 is 0. The Balaban J connectivity index is 1.93. The molecule has 0 saturated carbocycles. The standard InChI is InChI=1S/C14H13N3OS/c1-3-11-8-15-7-6-13(11)17-14(18)5-4-12-9-16-10(2)19-12/h1,6-9H,4-5H2,2H3,(H,15,17,18). The smallest absolute Gasteiger partial charge is 0.224 e. The van der Waals surface area contributed by atoms with Crippen molar-refractivity contribution in [3.05, 3.63) is 40.1 Å². The molecule has 5 heteroatoms. The van der Waals surface area contributed by atoms with Crippen LogP contribution in [0.4, 0.5) is 5.69 Å². The summed E-state index contributed by atoms with van der Waals surface area (Å²) in [5.74, 6) is 2.43. The Labute approximate surface area is 115 Å². The van der Waals surface area contributed by atoms with Crippen LogP contribution in [0.5, 0.6) is 0 Å². The Hall–Kier alpha value is -2.19. The van der Waals surface area contributed by atoms with Crippen LogP contribution in [-0.4, -0.2) is 15.9 Å². The molecular formula is C14H13N3OS. The van der Waals surface area contributed by atoms with Crippen molar-refractivity contribution in [3.8, 4) is 12.3 Å². The number of carbonyl (C=O) groups excluding carboxylic acids is 1. The van der Waals surface area contributed by atoms with Gasteiger partial charge in [-0.2, -0.15) is 0 Å². The van der Waals surface area contributed by atoms with Gasteiger partial charge in [0.25, 0.3) is 0 Å². The van der Waals surface area contributed by atoms with Gasteiger partial charge < -0.3 is 5.32 Å². The summed E-state index contributed by atoms with van der Waals surface area (Å²) in [6.07, 6.45) is 11.4. The molecule has 96 valence electrons. The zero-order valence-electron chi connectivity index (χ0n) is 10.5. The van der Waals surface area contributed by atoms with Crippen LogP contribution in [-0.2, 0) is 11.2 Å². The lowest BCUT2D eigenvalue weighted by Crippen LogP contribution is -2.13. The van der Waals surface area contributed by atoms with Gasteiger partial charge in [-0.1, -0.05) is 5.92 Å². The number of hydrogen-bond acceptors (Lipinski definition) is 4. The second-order valence-electron chi connectivity index (χ2n) is 3.96. The number of carbonyl (C=O) groups is 1. The van der Waals surface area contributed by atoms with Crippen molar-refractivity contribution in [2.75, 3.05) is 5.32 Å². The molecule has 0 bridgehead atoms. The molecular weight excluding hydrogens is 258 g/mol. The van der Waals surface area contributed by atoms with Crippen LogP contribution in [0.2, 0.25) is 0 Å². The van der Waals surface area contributed by atoms with Crippen LogP contribution in [0.15, 0.2) is 24.7 Å². The SMILES string of the molecule is C#Cc1cnccc1NC(=O)CCc1cnc(C)s1. The summed E-state index contributed by atoms with van der Waals surface area (Å²) in [4.78, 5) is 21.0. The third-order valence-electron chi connectivity index (χ3n) is 2.52. The third kappa shape index (κ3) is 3.63. The highest BCUT2D eigenvalue weighted by atomic mass is 32.1. The van der Waals surface area contributed by atoms with Crippen molar-refractivity contribution in [2.45, 2.75) is 19.8 Å². The van der Waals surface area contributed by atoms with E-state index in [1.165, 1.54) is 0 Å². The lowest BCUT2D eigenvalue weighted by molar-refractivity contribution is -0.116. The van der Waals surface area contributed by atoms with Gasteiger partial charge in [0.1, 0.15) is 0 Å². The van der Waals surface area contributed by atoms with E-state index < -0.39 is 0 Å². The molecule has 0 saturated heterocycles. The summed E-state index contributed by atoms with van der Waals surface area (Å²) in [5, 5.41) is 3.81. The van der Waals surface area contributed by atoms with Gasteiger partial charge in [-0.05, 0) is 19.4 Å². The molecule has 19 heavy (non-hydrogen) atoms. The number of rotatable bonds is 4. The van der Waals surface area contributed by atoms with Crippen molar-refractivity contribution < 1.29 is 4.79 Å². The predicted octanol–water partition coefficient (Wildman–Crippen LogP) is 2.40. The zero-order chi connectivity index (χ0) is 13.7. The molecule has 1 amide bonds. The minimum absolute atomic E-state index is 0.0613. The minimum Gasteiger partial charge on any atom is -0.325 e. The second-order valence-corrected chi connectivity index (χ2v) is 5.28. The molecule has 0 aromatic carbocycles. The van der Waals surface area contributed by atoms with Crippen molar-refractivity contribution in [2.24, 2.45) is 0 Å². The highest BCUT2D eigenvalue weighted by molar-refractivity contribution is 7.11. The number of anilines is 1. The highest BCUT2D eigenvalue weighted by Gasteiger charge is 2.07. The number of aromatic nitrogens is 2. The van der Waals surface area contributed by atoms with Crippen LogP contribution in [0.25, 0.3) is 0 Å². The summed E-state index contributed by atoms with van der Waals surface area (Å²) >= 11 is 1.61.